The van der Waals surface area contributed by atoms with Gasteiger partial charge in [0.05, 0.1) is 43.5 Å². The molecule has 1 unspecified atom stereocenters. The van der Waals surface area contributed by atoms with Gasteiger partial charge in [-0.25, -0.2) is 8.42 Å². The number of benzene rings is 2. The predicted molar refractivity (Wildman–Crippen MR) is 115 cm³/mol. The van der Waals surface area contributed by atoms with Crippen LogP contribution in [0.3, 0.4) is 0 Å². The second-order valence-electron chi connectivity index (χ2n) is 7.05. The maximum Gasteiger partial charge on any atom is 0.229 e. The molecule has 1 saturated heterocycles. The molecule has 3 rings (SSSR count). The summed E-state index contributed by atoms with van der Waals surface area (Å²) in [7, 11) is 0.910. The van der Waals surface area contributed by atoms with Crippen molar-refractivity contribution in [1.29, 1.82) is 0 Å². The number of nitrogens with one attached hydrogen (secondary N) is 1. The molecule has 1 heterocycles. The Morgan fingerprint density at radius 1 is 1.06 bits per heavy atom. The minimum Gasteiger partial charge on any atom is -0.493 e. The Balaban J connectivity index is 1.84. The summed E-state index contributed by atoms with van der Waals surface area (Å²) in [6.07, 6.45) is 1.06. The molecule has 1 N–H and O–H groups in total. The molecule has 0 aromatic heterocycles. The molecule has 9 nitrogen and oxygen atoms in total. The molecule has 10 heteroatoms. The van der Waals surface area contributed by atoms with E-state index in [-0.39, 0.29) is 29.5 Å². The van der Waals surface area contributed by atoms with E-state index >= 15 is 0 Å². The number of carbonyl (C=O) groups excluding carboxylic acids is 2. The normalized spacial score (nSPS) is 16.2. The minimum absolute atomic E-state index is 0.0104. The second kappa shape index (κ2) is 8.84. The molecule has 2 aromatic carbocycles. The largest absolute Gasteiger partial charge is 0.493 e. The molecule has 0 aliphatic carbocycles. The Labute approximate surface area is 180 Å². The van der Waals surface area contributed by atoms with Crippen LogP contribution in [0.25, 0.3) is 0 Å². The number of carbonyl (C=O) groups is 2. The monoisotopic (exact) mass is 448 g/mol. The van der Waals surface area contributed by atoms with Crippen molar-refractivity contribution in [2.24, 2.45) is 5.92 Å². The zero-order valence-electron chi connectivity index (χ0n) is 17.7. The fourth-order valence-electron chi connectivity index (χ4n) is 3.48. The maximum absolute atomic E-state index is 12.8. The van der Waals surface area contributed by atoms with Gasteiger partial charge in [-0.3, -0.25) is 9.59 Å². The molecule has 166 valence electrons. The molecule has 0 radical (unpaired) electrons. The average Bonchev–Trinajstić information content (AvgIpc) is 3.14. The van der Waals surface area contributed by atoms with E-state index in [1.54, 1.807) is 24.3 Å². The van der Waals surface area contributed by atoms with Crippen molar-refractivity contribution in [3.8, 4) is 17.2 Å². The van der Waals surface area contributed by atoms with Crippen molar-refractivity contribution in [2.45, 2.75) is 11.3 Å². The van der Waals surface area contributed by atoms with Crippen LogP contribution in [-0.4, -0.2) is 54.4 Å². The lowest BCUT2D eigenvalue weighted by molar-refractivity contribution is -0.122. The topological polar surface area (TPSA) is 111 Å². The Morgan fingerprint density at radius 2 is 1.68 bits per heavy atom. The highest BCUT2D eigenvalue weighted by atomic mass is 32.2. The highest BCUT2D eigenvalue weighted by Gasteiger charge is 2.36. The van der Waals surface area contributed by atoms with Crippen LogP contribution in [0, 0.1) is 5.92 Å². The molecule has 0 spiro atoms. The fraction of sp³-hybridized carbons (Fsp3) is 0.333. The minimum atomic E-state index is -3.52. The standard InChI is InChI=1S/C21H24N2O7S/c1-28-16-10-14(11-17(29-2)20(16)30-3)23-12-13(9-19(23)24)21(25)22-15-7-5-6-8-18(15)31(4,26)27/h5-8,10-11,13H,9,12H2,1-4H3,(H,22,25). The van der Waals surface area contributed by atoms with E-state index < -0.39 is 21.7 Å². The maximum atomic E-state index is 12.8. The summed E-state index contributed by atoms with van der Waals surface area (Å²) in [5.74, 6) is -0.157. The van der Waals surface area contributed by atoms with Crippen molar-refractivity contribution in [3.63, 3.8) is 0 Å². The summed E-state index contributed by atoms with van der Waals surface area (Å²) in [6.45, 7) is 0.129. The highest BCUT2D eigenvalue weighted by Crippen LogP contribution is 2.42. The predicted octanol–water partition coefficient (Wildman–Crippen LogP) is 2.11. The number of sulfone groups is 1. The summed E-state index contributed by atoms with van der Waals surface area (Å²) < 4.78 is 39.9. The number of hydrogen-bond acceptors (Lipinski definition) is 7. The van der Waals surface area contributed by atoms with E-state index in [1.165, 1.54) is 38.4 Å². The number of nitrogens with zero attached hydrogens (tertiary/aromatic N) is 1. The molecule has 31 heavy (non-hydrogen) atoms. The summed E-state index contributed by atoms with van der Waals surface area (Å²) >= 11 is 0. The summed E-state index contributed by atoms with van der Waals surface area (Å²) in [5, 5.41) is 2.65. The number of methoxy groups -OCH3 is 3. The Hall–Kier alpha value is -3.27. The van der Waals surface area contributed by atoms with Gasteiger partial charge in [-0.05, 0) is 12.1 Å². The summed E-state index contributed by atoms with van der Waals surface area (Å²) in [4.78, 5) is 27.0. The number of para-hydroxylation sites is 1. The third kappa shape index (κ3) is 4.58. The van der Waals surface area contributed by atoms with Crippen molar-refractivity contribution >= 4 is 33.0 Å². The van der Waals surface area contributed by atoms with Gasteiger partial charge in [-0.1, -0.05) is 12.1 Å². The molecule has 1 atom stereocenters. The second-order valence-corrected chi connectivity index (χ2v) is 9.03. The first-order valence-corrected chi connectivity index (χ1v) is 11.3. The SMILES string of the molecule is COc1cc(N2CC(C(=O)Nc3ccccc3S(C)(=O)=O)CC2=O)cc(OC)c1OC. The van der Waals surface area contributed by atoms with Crippen molar-refractivity contribution in [3.05, 3.63) is 36.4 Å². The Bertz CT molecular complexity index is 1090. The van der Waals surface area contributed by atoms with Crippen molar-refractivity contribution < 1.29 is 32.2 Å². The van der Waals surface area contributed by atoms with Crippen LogP contribution in [0.1, 0.15) is 6.42 Å². The van der Waals surface area contributed by atoms with Gasteiger partial charge in [-0.15, -0.1) is 0 Å². The molecule has 2 aromatic rings. The summed E-state index contributed by atoms with van der Waals surface area (Å²) in [6, 6.07) is 9.43. The number of anilines is 2. The van der Waals surface area contributed by atoms with Crippen LogP contribution in [-0.2, 0) is 19.4 Å². The Kier molecular flexibility index (Phi) is 6.40. The first kappa shape index (κ1) is 22.4. The number of ether oxygens (including phenoxy) is 3. The van der Waals surface area contributed by atoms with E-state index in [0.29, 0.717) is 22.9 Å². The number of hydrogen-bond donors (Lipinski definition) is 1. The quantitative estimate of drug-likeness (QED) is 0.690. The lowest BCUT2D eigenvalue weighted by atomic mass is 10.1. The van der Waals surface area contributed by atoms with Crippen molar-refractivity contribution in [1.82, 2.24) is 0 Å². The van der Waals surface area contributed by atoms with Crippen LogP contribution >= 0.6 is 0 Å². The molecular formula is C21H24N2O7S. The van der Waals surface area contributed by atoms with Crippen LogP contribution in [0.4, 0.5) is 11.4 Å². The van der Waals surface area contributed by atoms with E-state index in [1.807, 2.05) is 0 Å². The van der Waals surface area contributed by atoms with Gasteiger partial charge >= 0.3 is 0 Å². The first-order valence-electron chi connectivity index (χ1n) is 9.40. The van der Waals surface area contributed by atoms with Crippen LogP contribution in [0.15, 0.2) is 41.3 Å². The Morgan fingerprint density at radius 3 is 2.23 bits per heavy atom. The van der Waals surface area contributed by atoms with Crippen LogP contribution in [0.5, 0.6) is 17.2 Å². The third-order valence-corrected chi connectivity index (χ3v) is 6.16. The van der Waals surface area contributed by atoms with Gasteiger partial charge < -0.3 is 24.4 Å². The highest BCUT2D eigenvalue weighted by molar-refractivity contribution is 7.90. The van der Waals surface area contributed by atoms with Crippen LogP contribution < -0.4 is 24.4 Å². The molecular weight excluding hydrogens is 424 g/mol. The molecule has 1 fully saturated rings. The van der Waals surface area contributed by atoms with Gasteiger partial charge in [0.1, 0.15) is 0 Å². The lowest BCUT2D eigenvalue weighted by Crippen LogP contribution is -2.28. The first-order chi connectivity index (χ1) is 14.7. The van der Waals surface area contributed by atoms with E-state index in [2.05, 4.69) is 5.32 Å². The smallest absolute Gasteiger partial charge is 0.229 e. The average molecular weight is 448 g/mol. The third-order valence-electron chi connectivity index (χ3n) is 5.00. The van der Waals surface area contributed by atoms with Gasteiger partial charge in [0.25, 0.3) is 0 Å². The molecule has 0 saturated carbocycles. The van der Waals surface area contributed by atoms with Crippen molar-refractivity contribution in [2.75, 3.05) is 44.3 Å². The molecule has 0 bridgehead atoms. The zero-order chi connectivity index (χ0) is 22.8. The molecule has 1 aliphatic rings. The number of amides is 2. The number of rotatable bonds is 7. The van der Waals surface area contributed by atoms with E-state index in [4.69, 9.17) is 14.2 Å². The van der Waals surface area contributed by atoms with E-state index in [9.17, 15) is 18.0 Å². The molecule has 1 aliphatic heterocycles. The molecule has 2 amide bonds. The summed E-state index contributed by atoms with van der Waals surface area (Å²) in [5.41, 5.74) is 0.694. The van der Waals surface area contributed by atoms with E-state index in [0.717, 1.165) is 6.26 Å². The van der Waals surface area contributed by atoms with Gasteiger partial charge in [0, 0.05) is 31.4 Å². The zero-order valence-corrected chi connectivity index (χ0v) is 18.5. The fourth-order valence-corrected chi connectivity index (χ4v) is 4.33. The van der Waals surface area contributed by atoms with Gasteiger partial charge in [0.15, 0.2) is 21.3 Å². The van der Waals surface area contributed by atoms with Crippen LogP contribution in [0.2, 0.25) is 0 Å². The van der Waals surface area contributed by atoms with Gasteiger partial charge in [0.2, 0.25) is 17.6 Å². The van der Waals surface area contributed by atoms with Gasteiger partial charge in [-0.2, -0.15) is 0 Å². The lowest BCUT2D eigenvalue weighted by Gasteiger charge is -2.20.